The van der Waals surface area contributed by atoms with E-state index in [2.05, 4.69) is 22.0 Å². The van der Waals surface area contributed by atoms with Gasteiger partial charge >= 0.3 is 0 Å². The fraction of sp³-hybridized carbons (Fsp3) is 0.167. The molecule has 23 heavy (non-hydrogen) atoms. The number of nitrogens with one attached hydrogen (secondary N) is 3. The smallest absolute Gasteiger partial charge is 0.0868 e. The molecule has 0 amide bonds. The lowest BCUT2D eigenvalue weighted by atomic mass is 10.0. The van der Waals surface area contributed by atoms with E-state index < -0.39 is 0 Å². The number of anilines is 3. The minimum atomic E-state index is 0.299. The number of allylic oxidation sites excluding steroid dienone is 1. The summed E-state index contributed by atoms with van der Waals surface area (Å²) >= 11 is 6.31. The van der Waals surface area contributed by atoms with Crippen molar-refractivity contribution in [3.8, 4) is 6.07 Å². The summed E-state index contributed by atoms with van der Waals surface area (Å²) in [5.41, 5.74) is 4.43. The maximum absolute atomic E-state index is 9.13. The number of nitrogens with zero attached hydrogens (tertiary/aromatic N) is 1. The molecular formula is C18H19ClN4. The number of benzene rings is 2. The van der Waals surface area contributed by atoms with Crippen LogP contribution in [-0.2, 0) is 0 Å². The monoisotopic (exact) mass is 326 g/mol. The zero-order valence-corrected chi connectivity index (χ0v) is 13.9. The van der Waals surface area contributed by atoms with Crippen molar-refractivity contribution in [3.63, 3.8) is 0 Å². The van der Waals surface area contributed by atoms with Crippen LogP contribution < -0.4 is 16.0 Å². The predicted molar refractivity (Wildman–Crippen MR) is 98.8 cm³/mol. The van der Waals surface area contributed by atoms with E-state index in [0.717, 1.165) is 28.2 Å². The number of nitriles is 1. The van der Waals surface area contributed by atoms with Gasteiger partial charge in [-0.25, -0.2) is 0 Å². The third kappa shape index (κ3) is 4.18. The van der Waals surface area contributed by atoms with Crippen molar-refractivity contribution in [3.05, 3.63) is 59.3 Å². The molecule has 0 aliphatic carbocycles. The van der Waals surface area contributed by atoms with Crippen LogP contribution in [-0.4, -0.2) is 14.1 Å². The highest BCUT2D eigenvalue weighted by Crippen LogP contribution is 2.34. The fourth-order valence-corrected chi connectivity index (χ4v) is 2.50. The number of rotatable bonds is 6. The van der Waals surface area contributed by atoms with Crippen LogP contribution in [0, 0.1) is 11.3 Å². The van der Waals surface area contributed by atoms with Gasteiger partial charge in [-0.2, -0.15) is 5.26 Å². The van der Waals surface area contributed by atoms with Gasteiger partial charge in [0.05, 0.1) is 28.9 Å². The number of halogens is 1. The molecule has 0 heterocycles. The second-order valence-corrected chi connectivity index (χ2v) is 5.28. The first-order valence-corrected chi connectivity index (χ1v) is 7.64. The molecule has 2 rings (SSSR count). The highest BCUT2D eigenvalue weighted by atomic mass is 35.5. The Balaban J connectivity index is 2.39. The standard InChI is InChI=1S/C18H19ClN4/c1-21-16-10-14(11-17(22-2)18(16)19)13(8-9-20)12-23-15-6-4-3-5-7-15/h3-7,10-12,21-23H,8H2,1-2H3. The summed E-state index contributed by atoms with van der Waals surface area (Å²) in [6.45, 7) is 0. The summed E-state index contributed by atoms with van der Waals surface area (Å²) < 4.78 is 0. The van der Waals surface area contributed by atoms with Crippen molar-refractivity contribution in [2.75, 3.05) is 30.0 Å². The van der Waals surface area contributed by atoms with Gasteiger partial charge in [0.2, 0.25) is 0 Å². The molecule has 118 valence electrons. The Morgan fingerprint density at radius 3 is 2.26 bits per heavy atom. The molecular weight excluding hydrogens is 308 g/mol. The van der Waals surface area contributed by atoms with Gasteiger partial charge in [-0.05, 0) is 35.4 Å². The lowest BCUT2D eigenvalue weighted by molar-refractivity contribution is 1.34. The van der Waals surface area contributed by atoms with Crippen LogP contribution >= 0.6 is 11.6 Å². The quantitative estimate of drug-likeness (QED) is 0.714. The summed E-state index contributed by atoms with van der Waals surface area (Å²) in [6, 6.07) is 15.9. The first kappa shape index (κ1) is 16.7. The second kappa shape index (κ2) is 8.11. The summed E-state index contributed by atoms with van der Waals surface area (Å²) in [5, 5.41) is 19.1. The molecule has 0 aliphatic heterocycles. The maximum atomic E-state index is 9.13. The van der Waals surface area contributed by atoms with Crippen LogP contribution in [0.15, 0.2) is 48.7 Å². The van der Waals surface area contributed by atoms with Crippen molar-refractivity contribution < 1.29 is 0 Å². The van der Waals surface area contributed by atoms with Gasteiger partial charge in [0.25, 0.3) is 0 Å². The Kier molecular flexibility index (Phi) is 5.90. The van der Waals surface area contributed by atoms with Gasteiger partial charge < -0.3 is 16.0 Å². The highest BCUT2D eigenvalue weighted by Gasteiger charge is 2.10. The summed E-state index contributed by atoms with van der Waals surface area (Å²) in [7, 11) is 3.64. The number of hydrogen-bond donors (Lipinski definition) is 3. The highest BCUT2D eigenvalue weighted by molar-refractivity contribution is 6.36. The molecule has 0 radical (unpaired) electrons. The average molecular weight is 327 g/mol. The van der Waals surface area contributed by atoms with Crippen molar-refractivity contribution in [2.45, 2.75) is 6.42 Å². The van der Waals surface area contributed by atoms with E-state index in [-0.39, 0.29) is 0 Å². The first-order chi connectivity index (χ1) is 11.2. The fourth-order valence-electron chi connectivity index (χ4n) is 2.20. The van der Waals surface area contributed by atoms with Gasteiger partial charge in [0, 0.05) is 26.0 Å². The van der Waals surface area contributed by atoms with Crippen molar-refractivity contribution in [1.29, 1.82) is 5.26 Å². The summed E-state index contributed by atoms with van der Waals surface area (Å²) in [6.07, 6.45) is 2.16. The van der Waals surface area contributed by atoms with E-state index in [1.165, 1.54) is 0 Å². The van der Waals surface area contributed by atoms with Crippen LogP contribution in [0.2, 0.25) is 5.02 Å². The molecule has 3 N–H and O–H groups in total. The molecule has 0 aliphatic rings. The zero-order valence-electron chi connectivity index (χ0n) is 13.2. The largest absolute Gasteiger partial charge is 0.387 e. The normalized spacial score (nSPS) is 10.8. The molecule has 0 aromatic heterocycles. The molecule has 5 heteroatoms. The van der Waals surface area contributed by atoms with Crippen molar-refractivity contribution in [1.82, 2.24) is 0 Å². The summed E-state index contributed by atoms with van der Waals surface area (Å²) in [5.74, 6) is 0. The van der Waals surface area contributed by atoms with E-state index >= 15 is 0 Å². The molecule has 0 atom stereocenters. The Labute approximate surface area is 141 Å². The van der Waals surface area contributed by atoms with Gasteiger partial charge in [-0.1, -0.05) is 29.8 Å². The molecule has 4 nitrogen and oxygen atoms in total. The van der Waals surface area contributed by atoms with Gasteiger partial charge in [-0.3, -0.25) is 0 Å². The van der Waals surface area contributed by atoms with Gasteiger partial charge in [0.1, 0.15) is 0 Å². The molecule has 2 aromatic rings. The molecule has 0 saturated heterocycles. The SMILES string of the molecule is CNc1cc(C(=CNc2ccccc2)CC#N)cc(NC)c1Cl. The lowest BCUT2D eigenvalue weighted by Gasteiger charge is -2.14. The van der Waals surface area contributed by atoms with Crippen LogP contribution in [0.1, 0.15) is 12.0 Å². The molecule has 0 fully saturated rings. The first-order valence-electron chi connectivity index (χ1n) is 7.26. The zero-order chi connectivity index (χ0) is 16.7. The Morgan fingerprint density at radius 1 is 1.13 bits per heavy atom. The molecule has 0 unspecified atom stereocenters. The maximum Gasteiger partial charge on any atom is 0.0868 e. The van der Waals surface area contributed by atoms with Gasteiger partial charge in [-0.15, -0.1) is 0 Å². The van der Waals surface area contributed by atoms with Gasteiger partial charge in [0.15, 0.2) is 0 Å². The summed E-state index contributed by atoms with van der Waals surface area (Å²) in [4.78, 5) is 0. The van der Waals surface area contributed by atoms with E-state index in [1.807, 2.05) is 62.8 Å². The van der Waals surface area contributed by atoms with Crippen LogP contribution in [0.25, 0.3) is 5.57 Å². The molecule has 0 saturated carbocycles. The van der Waals surface area contributed by atoms with Crippen LogP contribution in [0.4, 0.5) is 17.1 Å². The average Bonchev–Trinajstić information content (AvgIpc) is 2.60. The Hall–Kier alpha value is -2.64. The third-order valence-electron chi connectivity index (χ3n) is 3.44. The molecule has 2 aromatic carbocycles. The minimum absolute atomic E-state index is 0.299. The van der Waals surface area contributed by atoms with Crippen LogP contribution in [0.3, 0.4) is 0 Å². The van der Waals surface area contributed by atoms with Crippen molar-refractivity contribution in [2.24, 2.45) is 0 Å². The minimum Gasteiger partial charge on any atom is -0.387 e. The van der Waals surface area contributed by atoms with E-state index in [0.29, 0.717) is 11.4 Å². The van der Waals surface area contributed by atoms with E-state index in [1.54, 1.807) is 0 Å². The second-order valence-electron chi connectivity index (χ2n) is 4.90. The van der Waals surface area contributed by atoms with E-state index in [4.69, 9.17) is 16.9 Å². The molecule has 0 bridgehead atoms. The Morgan fingerprint density at radius 2 is 1.74 bits per heavy atom. The molecule has 0 spiro atoms. The van der Waals surface area contributed by atoms with Crippen LogP contribution in [0.5, 0.6) is 0 Å². The lowest BCUT2D eigenvalue weighted by Crippen LogP contribution is -1.99. The Bertz CT molecular complexity index is 707. The number of para-hydroxylation sites is 1. The van der Waals surface area contributed by atoms with E-state index in [9.17, 15) is 0 Å². The van der Waals surface area contributed by atoms with Crippen molar-refractivity contribution >= 4 is 34.2 Å². The number of hydrogen-bond acceptors (Lipinski definition) is 4. The third-order valence-corrected chi connectivity index (χ3v) is 3.85. The topological polar surface area (TPSA) is 59.9 Å². The predicted octanol–water partition coefficient (Wildman–Crippen LogP) is 4.79.